The van der Waals surface area contributed by atoms with Crippen molar-refractivity contribution < 1.29 is 23.0 Å². The van der Waals surface area contributed by atoms with E-state index >= 15 is 0 Å². The van der Waals surface area contributed by atoms with E-state index in [0.29, 0.717) is 34.6 Å². The molecular formula is C27H39N5O5SSi. The Morgan fingerprint density at radius 3 is 2.33 bits per heavy atom. The van der Waals surface area contributed by atoms with Crippen molar-refractivity contribution >= 4 is 24.0 Å². The summed E-state index contributed by atoms with van der Waals surface area (Å²) in [5.41, 5.74) is 2.06. The first-order valence-corrected chi connectivity index (χ1v) is 18.5. The van der Waals surface area contributed by atoms with Gasteiger partial charge in [-0.15, -0.1) is 10.2 Å². The molecule has 12 heteroatoms. The van der Waals surface area contributed by atoms with Crippen molar-refractivity contribution in [3.63, 3.8) is 0 Å². The third-order valence-electron chi connectivity index (χ3n) is 7.10. The number of hydrogen-bond donors (Lipinski definition) is 1. The molecule has 1 N–H and O–H groups in total. The first kappa shape index (κ1) is 29.0. The van der Waals surface area contributed by atoms with E-state index in [1.165, 1.54) is 4.31 Å². The van der Waals surface area contributed by atoms with Gasteiger partial charge >= 0.3 is 0 Å². The molecular weight excluding hydrogens is 534 g/mol. The Bertz CT molecular complexity index is 1380. The van der Waals surface area contributed by atoms with E-state index in [2.05, 4.69) is 34.8 Å². The molecule has 1 aliphatic carbocycles. The number of ether oxygens (including phenoxy) is 2. The van der Waals surface area contributed by atoms with E-state index in [9.17, 15) is 13.5 Å². The van der Waals surface area contributed by atoms with Gasteiger partial charge in [-0.2, -0.15) is 0 Å². The molecule has 212 valence electrons. The van der Waals surface area contributed by atoms with Crippen molar-refractivity contribution in [1.29, 1.82) is 0 Å². The van der Waals surface area contributed by atoms with Gasteiger partial charge in [0, 0.05) is 32.6 Å². The number of hydrogen-bond acceptors (Lipinski definition) is 8. The van der Waals surface area contributed by atoms with E-state index in [0.717, 1.165) is 24.8 Å². The summed E-state index contributed by atoms with van der Waals surface area (Å²) in [6, 6.07) is 7.97. The van der Waals surface area contributed by atoms with Crippen molar-refractivity contribution in [2.45, 2.75) is 58.0 Å². The zero-order valence-corrected chi connectivity index (χ0v) is 25.4. The lowest BCUT2D eigenvalue weighted by atomic mass is 9.82. The minimum atomic E-state index is -3.98. The second-order valence-electron chi connectivity index (χ2n) is 11.3. The van der Waals surface area contributed by atoms with Crippen LogP contribution in [0, 0.1) is 12.8 Å². The van der Waals surface area contributed by atoms with Crippen LogP contribution in [0.2, 0.25) is 25.7 Å². The topological polar surface area (TPSA) is 120 Å². The summed E-state index contributed by atoms with van der Waals surface area (Å²) in [4.78, 5) is 4.32. The van der Waals surface area contributed by atoms with Gasteiger partial charge in [0.2, 0.25) is 16.0 Å². The molecule has 4 rings (SSSR count). The molecule has 10 nitrogen and oxygen atoms in total. The van der Waals surface area contributed by atoms with Crippen LogP contribution in [-0.4, -0.2) is 74.0 Å². The van der Waals surface area contributed by atoms with Crippen LogP contribution in [0.25, 0.3) is 17.1 Å². The number of aromatic nitrogens is 4. The maximum Gasteiger partial charge on any atom is 0.246 e. The molecule has 1 aromatic carbocycles. The third-order valence-corrected chi connectivity index (χ3v) is 10.6. The zero-order chi connectivity index (χ0) is 28.4. The summed E-state index contributed by atoms with van der Waals surface area (Å²) >= 11 is 0. The lowest BCUT2D eigenvalue weighted by Gasteiger charge is -2.32. The average molecular weight is 574 g/mol. The molecule has 39 heavy (non-hydrogen) atoms. The number of anilines is 1. The fourth-order valence-electron chi connectivity index (χ4n) is 4.63. The number of rotatable bonds is 12. The highest BCUT2D eigenvalue weighted by Gasteiger charge is 2.37. The average Bonchev–Trinajstić information content (AvgIpc) is 3.25. The van der Waals surface area contributed by atoms with Crippen LogP contribution in [0.4, 0.5) is 5.95 Å². The third kappa shape index (κ3) is 6.44. The number of pyridine rings is 1. The first-order valence-electron chi connectivity index (χ1n) is 13.2. The van der Waals surface area contributed by atoms with Gasteiger partial charge in [0.15, 0.2) is 5.82 Å². The summed E-state index contributed by atoms with van der Waals surface area (Å²) < 4.78 is 42.4. The second kappa shape index (κ2) is 11.6. The van der Waals surface area contributed by atoms with E-state index < -0.39 is 24.2 Å². The predicted molar refractivity (Wildman–Crippen MR) is 155 cm³/mol. The van der Waals surface area contributed by atoms with Gasteiger partial charge in [0.1, 0.15) is 17.2 Å². The summed E-state index contributed by atoms with van der Waals surface area (Å²) in [6.07, 6.45) is 5.16. The van der Waals surface area contributed by atoms with Crippen LogP contribution in [-0.2, 0) is 10.0 Å². The van der Waals surface area contributed by atoms with Crippen LogP contribution in [0.15, 0.2) is 36.7 Å². The molecule has 1 fully saturated rings. The van der Waals surface area contributed by atoms with Crippen molar-refractivity contribution in [1.82, 2.24) is 19.7 Å². The molecule has 1 atom stereocenters. The van der Waals surface area contributed by atoms with E-state index in [4.69, 9.17) is 9.47 Å². The lowest BCUT2D eigenvalue weighted by Crippen LogP contribution is -2.43. The summed E-state index contributed by atoms with van der Waals surface area (Å²) in [7, 11) is -2.56. The largest absolute Gasteiger partial charge is 0.494 e. The molecule has 0 spiro atoms. The standard InChI is InChI=1S/C27H39N5O5SSi/c1-19-15-21(17-28-16-19)26-29-30-27(32(26)25-23(36-2)11-8-12-24(25)37-3)31(13-14-39(4,5)6)38(34,35)18-22(33)20-9-7-10-20/h8,11-12,15-17,20,22,33H,7,9-10,13-14,18H2,1-6H3/t22-/m1/s1. The summed E-state index contributed by atoms with van der Waals surface area (Å²) in [5, 5.41) is 19.7. The first-order chi connectivity index (χ1) is 18.4. The van der Waals surface area contributed by atoms with E-state index in [1.807, 2.05) is 13.0 Å². The van der Waals surface area contributed by atoms with E-state index in [-0.39, 0.29) is 24.2 Å². The Morgan fingerprint density at radius 1 is 1.13 bits per heavy atom. The summed E-state index contributed by atoms with van der Waals surface area (Å²) in [6.45, 7) is 8.72. The van der Waals surface area contributed by atoms with Gasteiger partial charge in [-0.1, -0.05) is 32.1 Å². The maximum absolute atomic E-state index is 14.0. The fourth-order valence-corrected chi connectivity index (χ4v) is 7.30. The van der Waals surface area contributed by atoms with Crippen molar-refractivity contribution in [2.24, 2.45) is 5.92 Å². The van der Waals surface area contributed by atoms with Crippen LogP contribution in [0.3, 0.4) is 0 Å². The Hall–Kier alpha value is -2.96. The molecule has 2 aromatic heterocycles. The molecule has 1 saturated carbocycles. The van der Waals surface area contributed by atoms with Gasteiger partial charge in [0.05, 0.1) is 26.1 Å². The molecule has 0 amide bonds. The predicted octanol–water partition coefficient (Wildman–Crippen LogP) is 4.29. The number of benzene rings is 1. The smallest absolute Gasteiger partial charge is 0.246 e. The van der Waals surface area contributed by atoms with Crippen LogP contribution in [0.5, 0.6) is 11.5 Å². The lowest BCUT2D eigenvalue weighted by molar-refractivity contribution is 0.0802. The van der Waals surface area contributed by atoms with Crippen molar-refractivity contribution in [3.05, 3.63) is 42.2 Å². The molecule has 0 saturated heterocycles. The van der Waals surface area contributed by atoms with Gasteiger partial charge < -0.3 is 14.6 Å². The van der Waals surface area contributed by atoms with Crippen LogP contribution in [0.1, 0.15) is 24.8 Å². The maximum atomic E-state index is 14.0. The molecule has 0 unspecified atom stereocenters. The number of aryl methyl sites for hydroxylation is 1. The summed E-state index contributed by atoms with van der Waals surface area (Å²) in [5.74, 6) is 1.08. The zero-order valence-electron chi connectivity index (χ0n) is 23.6. The van der Waals surface area contributed by atoms with Crippen LogP contribution >= 0.6 is 0 Å². The number of methoxy groups -OCH3 is 2. The minimum Gasteiger partial charge on any atom is -0.494 e. The number of para-hydroxylation sites is 1. The normalized spacial score (nSPS) is 15.1. The second-order valence-corrected chi connectivity index (χ2v) is 18.9. The van der Waals surface area contributed by atoms with Crippen molar-refractivity contribution in [3.8, 4) is 28.6 Å². The van der Waals surface area contributed by atoms with Gasteiger partial charge in [-0.05, 0) is 55.5 Å². The molecule has 0 aliphatic heterocycles. The molecule has 1 aliphatic rings. The monoisotopic (exact) mass is 573 g/mol. The van der Waals surface area contributed by atoms with Crippen LogP contribution < -0.4 is 13.8 Å². The highest BCUT2D eigenvalue weighted by Crippen LogP contribution is 2.39. The molecule has 3 aromatic rings. The number of sulfonamides is 1. The number of aliphatic hydroxyl groups is 1. The number of nitrogens with zero attached hydrogens (tertiary/aromatic N) is 5. The Labute approximate surface area is 232 Å². The molecule has 0 radical (unpaired) electrons. The van der Waals surface area contributed by atoms with Gasteiger partial charge in [-0.3, -0.25) is 9.55 Å². The quantitative estimate of drug-likeness (QED) is 0.319. The van der Waals surface area contributed by atoms with Gasteiger partial charge in [0.25, 0.3) is 0 Å². The highest BCUT2D eigenvalue weighted by atomic mass is 32.2. The Kier molecular flexibility index (Phi) is 8.67. The Balaban J connectivity index is 1.95. The number of aliphatic hydroxyl groups excluding tert-OH is 1. The van der Waals surface area contributed by atoms with Crippen molar-refractivity contribution in [2.75, 3.05) is 30.8 Å². The highest BCUT2D eigenvalue weighted by molar-refractivity contribution is 7.92. The Morgan fingerprint density at radius 2 is 1.79 bits per heavy atom. The molecule has 0 bridgehead atoms. The van der Waals surface area contributed by atoms with Gasteiger partial charge in [-0.25, -0.2) is 12.7 Å². The SMILES string of the molecule is COc1cccc(OC)c1-n1c(-c2cncc(C)c2)nnc1N(CC[Si](C)(C)C)S(=O)(=O)C[C@@H](O)C1CCC1. The minimum absolute atomic E-state index is 0.000253. The van der Waals surface area contributed by atoms with E-state index in [1.54, 1.807) is 49.4 Å². The molecule has 2 heterocycles. The fraction of sp³-hybridized carbons (Fsp3) is 0.519.